The van der Waals surface area contributed by atoms with Gasteiger partial charge in [0.15, 0.2) is 0 Å². The van der Waals surface area contributed by atoms with Crippen LogP contribution < -0.4 is 5.32 Å². The summed E-state index contributed by atoms with van der Waals surface area (Å²) in [6.45, 7) is 5.39. The number of carboxylic acid groups (broad SMARTS) is 1. The second-order valence-electron chi connectivity index (χ2n) is 5.59. The van der Waals surface area contributed by atoms with Crippen LogP contribution in [0.4, 0.5) is 5.69 Å². The Morgan fingerprint density at radius 2 is 2.10 bits per heavy atom. The van der Waals surface area contributed by atoms with E-state index in [4.69, 9.17) is 0 Å². The first-order valence-corrected chi connectivity index (χ1v) is 8.73. The molecule has 1 heterocycles. The standard InChI is InChI=1S/C16H24N2O2S/c1-12(11-18-9-4-3-5-10-18)17-13-7-6-8-14(21-2)15(13)16(19)20/h6-8,12,17H,3-5,9-11H2,1-2H3,(H,19,20). The van der Waals surface area contributed by atoms with Gasteiger partial charge in [0.25, 0.3) is 0 Å². The summed E-state index contributed by atoms with van der Waals surface area (Å²) in [6.07, 6.45) is 5.78. The summed E-state index contributed by atoms with van der Waals surface area (Å²) in [5, 5.41) is 12.8. The first-order valence-electron chi connectivity index (χ1n) is 7.51. The van der Waals surface area contributed by atoms with Gasteiger partial charge in [0.2, 0.25) is 0 Å². The number of likely N-dealkylation sites (tertiary alicyclic amines) is 1. The molecule has 0 aliphatic carbocycles. The van der Waals surface area contributed by atoms with Gasteiger partial charge in [0.1, 0.15) is 0 Å². The number of anilines is 1. The highest BCUT2D eigenvalue weighted by Gasteiger charge is 2.18. The number of benzene rings is 1. The molecule has 0 bridgehead atoms. The van der Waals surface area contributed by atoms with Crippen molar-refractivity contribution >= 4 is 23.4 Å². The molecular formula is C16H24N2O2S. The van der Waals surface area contributed by atoms with Crippen molar-refractivity contribution in [1.82, 2.24) is 4.90 Å². The fourth-order valence-electron chi connectivity index (χ4n) is 2.88. The normalized spacial score (nSPS) is 17.4. The molecular weight excluding hydrogens is 284 g/mol. The topological polar surface area (TPSA) is 52.6 Å². The molecule has 1 aromatic carbocycles. The van der Waals surface area contributed by atoms with Crippen LogP contribution >= 0.6 is 11.8 Å². The van der Waals surface area contributed by atoms with Gasteiger partial charge in [-0.1, -0.05) is 12.5 Å². The molecule has 1 unspecified atom stereocenters. The Balaban J connectivity index is 2.05. The number of hydrogen-bond acceptors (Lipinski definition) is 4. The predicted molar refractivity (Wildman–Crippen MR) is 88.6 cm³/mol. The van der Waals surface area contributed by atoms with Gasteiger partial charge in [-0.15, -0.1) is 11.8 Å². The smallest absolute Gasteiger partial charge is 0.338 e. The second-order valence-corrected chi connectivity index (χ2v) is 6.44. The van der Waals surface area contributed by atoms with E-state index in [0.29, 0.717) is 5.56 Å². The van der Waals surface area contributed by atoms with Gasteiger partial charge in [0, 0.05) is 17.5 Å². The molecule has 116 valence electrons. The maximum atomic E-state index is 11.5. The van der Waals surface area contributed by atoms with Crippen molar-refractivity contribution in [2.24, 2.45) is 0 Å². The van der Waals surface area contributed by atoms with Gasteiger partial charge in [-0.3, -0.25) is 0 Å². The van der Waals surface area contributed by atoms with E-state index in [1.165, 1.54) is 31.0 Å². The minimum Gasteiger partial charge on any atom is -0.478 e. The summed E-state index contributed by atoms with van der Waals surface area (Å²) >= 11 is 1.47. The molecule has 1 aliphatic heterocycles. The Bertz CT molecular complexity index is 487. The number of piperidine rings is 1. The summed E-state index contributed by atoms with van der Waals surface area (Å²) in [5.74, 6) is -0.868. The molecule has 2 N–H and O–H groups in total. The number of hydrogen-bond donors (Lipinski definition) is 2. The fraction of sp³-hybridized carbons (Fsp3) is 0.562. The lowest BCUT2D eigenvalue weighted by molar-refractivity contribution is 0.0694. The maximum absolute atomic E-state index is 11.5. The van der Waals surface area contributed by atoms with Crippen LogP contribution in [0.3, 0.4) is 0 Å². The van der Waals surface area contributed by atoms with E-state index in [-0.39, 0.29) is 6.04 Å². The number of aromatic carboxylic acids is 1. The Morgan fingerprint density at radius 1 is 1.38 bits per heavy atom. The molecule has 1 fully saturated rings. The highest BCUT2D eigenvalue weighted by molar-refractivity contribution is 7.98. The Kier molecular flexibility index (Phi) is 5.94. The molecule has 1 atom stereocenters. The number of rotatable bonds is 6. The molecule has 0 saturated carbocycles. The number of carboxylic acids is 1. The van der Waals surface area contributed by atoms with Crippen LogP contribution in [-0.2, 0) is 0 Å². The van der Waals surface area contributed by atoms with Crippen molar-refractivity contribution < 1.29 is 9.90 Å². The average molecular weight is 308 g/mol. The minimum absolute atomic E-state index is 0.235. The summed E-state index contributed by atoms with van der Waals surface area (Å²) in [6, 6.07) is 5.86. The quantitative estimate of drug-likeness (QED) is 0.789. The Hall–Kier alpha value is -1.20. The molecule has 1 saturated heterocycles. The van der Waals surface area contributed by atoms with E-state index in [0.717, 1.165) is 30.2 Å². The fourth-order valence-corrected chi connectivity index (χ4v) is 3.50. The molecule has 4 nitrogen and oxygen atoms in total. The van der Waals surface area contributed by atoms with Gasteiger partial charge in [-0.05, 0) is 51.2 Å². The molecule has 21 heavy (non-hydrogen) atoms. The van der Waals surface area contributed by atoms with Gasteiger partial charge in [0.05, 0.1) is 11.3 Å². The zero-order valence-corrected chi connectivity index (χ0v) is 13.6. The van der Waals surface area contributed by atoms with E-state index in [1.807, 2.05) is 24.5 Å². The maximum Gasteiger partial charge on any atom is 0.338 e. The van der Waals surface area contributed by atoms with Gasteiger partial charge in [-0.2, -0.15) is 0 Å². The molecule has 0 radical (unpaired) electrons. The minimum atomic E-state index is -0.868. The number of nitrogens with one attached hydrogen (secondary N) is 1. The zero-order valence-electron chi connectivity index (χ0n) is 12.8. The zero-order chi connectivity index (χ0) is 15.2. The highest BCUT2D eigenvalue weighted by Crippen LogP contribution is 2.27. The lowest BCUT2D eigenvalue weighted by atomic mass is 10.1. The lowest BCUT2D eigenvalue weighted by Crippen LogP contribution is -2.38. The molecule has 2 rings (SSSR count). The van der Waals surface area contributed by atoms with Crippen LogP contribution in [0, 0.1) is 0 Å². The van der Waals surface area contributed by atoms with Crippen LogP contribution in [-0.4, -0.2) is 47.9 Å². The largest absolute Gasteiger partial charge is 0.478 e. The SMILES string of the molecule is CSc1cccc(NC(C)CN2CCCCC2)c1C(=O)O. The average Bonchev–Trinajstić information content (AvgIpc) is 2.47. The van der Waals surface area contributed by atoms with Crippen molar-refractivity contribution in [3.8, 4) is 0 Å². The van der Waals surface area contributed by atoms with E-state index in [9.17, 15) is 9.90 Å². The van der Waals surface area contributed by atoms with Crippen LogP contribution in [0.15, 0.2) is 23.1 Å². The van der Waals surface area contributed by atoms with Crippen LogP contribution in [0.5, 0.6) is 0 Å². The summed E-state index contributed by atoms with van der Waals surface area (Å²) < 4.78 is 0. The number of thioether (sulfide) groups is 1. The van der Waals surface area contributed by atoms with Crippen molar-refractivity contribution in [3.05, 3.63) is 23.8 Å². The number of nitrogens with zero attached hydrogens (tertiary/aromatic N) is 1. The van der Waals surface area contributed by atoms with Crippen LogP contribution in [0.25, 0.3) is 0 Å². The van der Waals surface area contributed by atoms with Crippen LogP contribution in [0.2, 0.25) is 0 Å². The van der Waals surface area contributed by atoms with Gasteiger partial charge in [-0.25, -0.2) is 4.79 Å². The molecule has 1 aromatic rings. The summed E-state index contributed by atoms with van der Waals surface area (Å²) in [5.41, 5.74) is 1.11. The van der Waals surface area contributed by atoms with Gasteiger partial charge >= 0.3 is 5.97 Å². The van der Waals surface area contributed by atoms with E-state index < -0.39 is 5.97 Å². The summed E-state index contributed by atoms with van der Waals surface area (Å²) in [4.78, 5) is 14.8. The van der Waals surface area contributed by atoms with Crippen molar-refractivity contribution in [1.29, 1.82) is 0 Å². The molecule has 5 heteroatoms. The van der Waals surface area contributed by atoms with Crippen molar-refractivity contribution in [2.75, 3.05) is 31.2 Å². The van der Waals surface area contributed by atoms with E-state index in [1.54, 1.807) is 0 Å². The molecule has 0 amide bonds. The van der Waals surface area contributed by atoms with Crippen molar-refractivity contribution in [3.63, 3.8) is 0 Å². The first kappa shape index (κ1) is 16.2. The van der Waals surface area contributed by atoms with Crippen LogP contribution in [0.1, 0.15) is 36.5 Å². The summed E-state index contributed by atoms with van der Waals surface area (Å²) in [7, 11) is 0. The third kappa shape index (κ3) is 4.38. The van der Waals surface area contributed by atoms with E-state index >= 15 is 0 Å². The first-order chi connectivity index (χ1) is 10.1. The Labute approximate surface area is 130 Å². The third-order valence-corrected chi connectivity index (χ3v) is 4.62. The number of carbonyl (C=O) groups is 1. The van der Waals surface area contributed by atoms with E-state index in [2.05, 4.69) is 17.1 Å². The predicted octanol–water partition coefficient (Wildman–Crippen LogP) is 3.39. The lowest BCUT2D eigenvalue weighted by Gasteiger charge is -2.30. The van der Waals surface area contributed by atoms with Gasteiger partial charge < -0.3 is 15.3 Å². The molecule has 0 spiro atoms. The Morgan fingerprint density at radius 3 is 2.71 bits per heavy atom. The molecule has 0 aromatic heterocycles. The van der Waals surface area contributed by atoms with Crippen molar-refractivity contribution in [2.45, 2.75) is 37.1 Å². The monoisotopic (exact) mass is 308 g/mol. The molecule has 1 aliphatic rings. The third-order valence-electron chi connectivity index (χ3n) is 3.84. The highest BCUT2D eigenvalue weighted by atomic mass is 32.2. The second kappa shape index (κ2) is 7.71.